The Morgan fingerprint density at radius 2 is 1.48 bits per heavy atom. The van der Waals surface area contributed by atoms with Crippen LogP contribution in [-0.4, -0.2) is 23.0 Å². The van der Waals surface area contributed by atoms with Crippen LogP contribution in [0, 0.1) is 35.8 Å². The first kappa shape index (κ1) is 24.2. The topological polar surface area (TPSA) is 92.9 Å². The Hall–Kier alpha value is -4.91. The first-order valence-corrected chi connectivity index (χ1v) is 13.3. The fourth-order valence-electron chi connectivity index (χ4n) is 7.12. The van der Waals surface area contributed by atoms with Crippen molar-refractivity contribution in [3.63, 3.8) is 0 Å². The Morgan fingerprint density at radius 3 is 2.15 bits per heavy atom. The lowest BCUT2D eigenvalue weighted by atomic mass is 9.47. The van der Waals surface area contributed by atoms with Crippen molar-refractivity contribution in [1.82, 2.24) is 0 Å². The SMILES string of the molecule is Cc1ccc(C)c(N=CC23c4ccccc4C(c4ccccc42)[C@H]2C(=O)N(c4ccccc4[N+](=O)[O-])C(=O)[C@@H]23)c1. The maximum Gasteiger partial charge on any atom is 0.293 e. The highest BCUT2D eigenvalue weighted by Gasteiger charge is 2.68. The van der Waals surface area contributed by atoms with Gasteiger partial charge in [0.1, 0.15) is 5.69 Å². The van der Waals surface area contributed by atoms with E-state index in [0.717, 1.165) is 44.0 Å². The van der Waals surface area contributed by atoms with Gasteiger partial charge in [0.05, 0.1) is 27.9 Å². The normalized spacial score (nSPS) is 24.2. The second-order valence-corrected chi connectivity index (χ2v) is 10.8. The number of nitro benzene ring substituents is 1. The minimum absolute atomic E-state index is 0.00558. The molecule has 1 heterocycles. The van der Waals surface area contributed by atoms with Gasteiger partial charge in [-0.2, -0.15) is 0 Å². The molecule has 7 heteroatoms. The van der Waals surface area contributed by atoms with Crippen molar-refractivity contribution in [2.24, 2.45) is 16.8 Å². The number of anilines is 1. The number of hydrogen-bond donors (Lipinski definition) is 0. The lowest BCUT2D eigenvalue weighted by Gasteiger charge is -2.52. The van der Waals surface area contributed by atoms with Crippen molar-refractivity contribution in [1.29, 1.82) is 0 Å². The zero-order valence-electron chi connectivity index (χ0n) is 21.9. The Kier molecular flexibility index (Phi) is 5.16. The molecule has 0 radical (unpaired) electrons. The standard InChI is InChI=1S/C33H25N3O4/c1-19-15-16-20(2)25(17-19)34-18-33-23-11-5-3-9-21(23)28(22-10-4-6-12-24(22)33)29-30(33)32(38)35(31(29)37)26-13-7-8-14-27(26)36(39)40/h3-18,28-30H,1-2H3/t28?,29-,30-,33?/m1/s1. The number of aryl methyl sites for hydroxylation is 2. The van der Waals surface area contributed by atoms with E-state index >= 15 is 0 Å². The molecule has 2 atom stereocenters. The summed E-state index contributed by atoms with van der Waals surface area (Å²) in [5.74, 6) is -2.73. The molecule has 1 saturated heterocycles. The van der Waals surface area contributed by atoms with E-state index in [1.165, 1.54) is 18.2 Å². The summed E-state index contributed by atoms with van der Waals surface area (Å²) in [7, 11) is 0. The number of rotatable bonds is 4. The van der Waals surface area contributed by atoms with E-state index in [4.69, 9.17) is 4.99 Å². The summed E-state index contributed by atoms with van der Waals surface area (Å²) >= 11 is 0. The molecule has 196 valence electrons. The molecule has 40 heavy (non-hydrogen) atoms. The molecular weight excluding hydrogens is 502 g/mol. The molecule has 0 aromatic heterocycles. The average molecular weight is 528 g/mol. The van der Waals surface area contributed by atoms with Crippen LogP contribution in [0.2, 0.25) is 0 Å². The minimum atomic E-state index is -1.03. The second kappa shape index (κ2) is 8.55. The highest BCUT2D eigenvalue weighted by molar-refractivity contribution is 6.25. The molecule has 3 aliphatic carbocycles. The number of hydrogen-bond acceptors (Lipinski definition) is 5. The number of carbonyl (C=O) groups is 2. The van der Waals surface area contributed by atoms with Gasteiger partial charge in [-0.3, -0.25) is 24.7 Å². The Morgan fingerprint density at radius 1 is 0.850 bits per heavy atom. The molecule has 0 saturated carbocycles. The number of para-hydroxylation sites is 2. The van der Waals surface area contributed by atoms with Crippen molar-refractivity contribution in [3.8, 4) is 0 Å². The van der Waals surface area contributed by atoms with E-state index in [1.54, 1.807) is 6.07 Å². The maximum absolute atomic E-state index is 14.5. The number of aliphatic imine (C=N–C) groups is 1. The van der Waals surface area contributed by atoms with E-state index in [-0.39, 0.29) is 17.3 Å². The molecule has 0 spiro atoms. The number of imide groups is 1. The van der Waals surface area contributed by atoms with E-state index < -0.39 is 34.0 Å². The molecule has 1 aliphatic heterocycles. The molecule has 4 aromatic carbocycles. The van der Waals surface area contributed by atoms with Gasteiger partial charge in [-0.1, -0.05) is 72.8 Å². The predicted molar refractivity (Wildman–Crippen MR) is 152 cm³/mol. The Labute approximate surface area is 231 Å². The van der Waals surface area contributed by atoms with Crippen LogP contribution >= 0.6 is 0 Å². The molecule has 0 N–H and O–H groups in total. The van der Waals surface area contributed by atoms with E-state index in [0.29, 0.717) is 0 Å². The first-order valence-electron chi connectivity index (χ1n) is 13.3. The van der Waals surface area contributed by atoms with E-state index in [1.807, 2.05) is 86.8 Å². The zero-order valence-corrected chi connectivity index (χ0v) is 21.9. The average Bonchev–Trinajstić information content (AvgIpc) is 3.24. The van der Waals surface area contributed by atoms with E-state index in [9.17, 15) is 19.7 Å². The molecule has 4 aromatic rings. The third-order valence-corrected chi connectivity index (χ3v) is 8.78. The molecule has 8 rings (SSSR count). The fourth-order valence-corrected chi connectivity index (χ4v) is 7.12. The molecule has 4 aliphatic rings. The Balaban J connectivity index is 1.52. The van der Waals surface area contributed by atoms with Gasteiger partial charge in [0.25, 0.3) is 5.69 Å². The highest BCUT2D eigenvalue weighted by Crippen LogP contribution is 2.64. The van der Waals surface area contributed by atoms with Crippen molar-refractivity contribution in [2.75, 3.05) is 4.90 Å². The van der Waals surface area contributed by atoms with Gasteiger partial charge < -0.3 is 0 Å². The summed E-state index contributed by atoms with van der Waals surface area (Å²) in [6.07, 6.45) is 1.85. The fraction of sp³-hybridized carbons (Fsp3) is 0.182. The van der Waals surface area contributed by atoms with Gasteiger partial charge in [-0.15, -0.1) is 0 Å². The predicted octanol–water partition coefficient (Wildman–Crippen LogP) is 6.16. The highest BCUT2D eigenvalue weighted by atomic mass is 16.6. The summed E-state index contributed by atoms with van der Waals surface area (Å²) in [4.78, 5) is 46.2. The van der Waals surface area contributed by atoms with Gasteiger partial charge in [0.15, 0.2) is 0 Å². The van der Waals surface area contributed by atoms with Crippen molar-refractivity contribution in [3.05, 3.63) is 134 Å². The van der Waals surface area contributed by atoms with Crippen LogP contribution in [0.15, 0.2) is 96.0 Å². The molecule has 2 bridgehead atoms. The van der Waals surface area contributed by atoms with Gasteiger partial charge in [0, 0.05) is 18.2 Å². The molecule has 0 unspecified atom stereocenters. The third-order valence-electron chi connectivity index (χ3n) is 8.78. The maximum atomic E-state index is 14.5. The molecular formula is C33H25N3O4. The quantitative estimate of drug-likeness (QED) is 0.137. The van der Waals surface area contributed by atoms with Crippen LogP contribution in [0.5, 0.6) is 0 Å². The molecule has 2 amide bonds. The first-order chi connectivity index (χ1) is 19.3. The Bertz CT molecular complexity index is 1740. The van der Waals surface area contributed by atoms with Gasteiger partial charge >= 0.3 is 0 Å². The summed E-state index contributed by atoms with van der Waals surface area (Å²) in [5, 5.41) is 11.9. The van der Waals surface area contributed by atoms with Crippen LogP contribution in [-0.2, 0) is 15.0 Å². The number of carbonyl (C=O) groups excluding carboxylic acids is 2. The van der Waals surface area contributed by atoms with Crippen LogP contribution < -0.4 is 4.90 Å². The third kappa shape index (κ3) is 3.09. The second-order valence-electron chi connectivity index (χ2n) is 10.8. The monoisotopic (exact) mass is 527 g/mol. The van der Waals surface area contributed by atoms with Crippen LogP contribution in [0.4, 0.5) is 17.1 Å². The van der Waals surface area contributed by atoms with Crippen molar-refractivity contribution in [2.45, 2.75) is 25.2 Å². The van der Waals surface area contributed by atoms with Gasteiger partial charge in [-0.05, 0) is 59.4 Å². The largest absolute Gasteiger partial charge is 0.293 e. The lowest BCUT2D eigenvalue weighted by Crippen LogP contribution is -2.54. The molecule has 7 nitrogen and oxygen atoms in total. The lowest BCUT2D eigenvalue weighted by molar-refractivity contribution is -0.384. The van der Waals surface area contributed by atoms with Gasteiger partial charge in [-0.25, -0.2) is 4.90 Å². The van der Waals surface area contributed by atoms with Crippen molar-refractivity contribution >= 4 is 35.1 Å². The van der Waals surface area contributed by atoms with Crippen molar-refractivity contribution < 1.29 is 14.5 Å². The van der Waals surface area contributed by atoms with E-state index in [2.05, 4.69) is 0 Å². The number of nitrogens with zero attached hydrogens (tertiary/aromatic N) is 3. The van der Waals surface area contributed by atoms with Crippen LogP contribution in [0.1, 0.15) is 39.3 Å². The van der Waals surface area contributed by atoms with Gasteiger partial charge in [0.2, 0.25) is 11.8 Å². The summed E-state index contributed by atoms with van der Waals surface area (Å²) < 4.78 is 0. The zero-order chi connectivity index (χ0) is 27.8. The summed E-state index contributed by atoms with van der Waals surface area (Å²) in [5.41, 5.74) is 5.41. The number of benzene rings is 4. The number of amides is 2. The molecule has 1 fully saturated rings. The minimum Gasteiger partial charge on any atom is -0.274 e. The van der Waals surface area contributed by atoms with Crippen LogP contribution in [0.3, 0.4) is 0 Å². The summed E-state index contributed by atoms with van der Waals surface area (Å²) in [6.45, 7) is 4.00. The number of nitro groups is 1. The smallest absolute Gasteiger partial charge is 0.274 e. The van der Waals surface area contributed by atoms with Crippen LogP contribution in [0.25, 0.3) is 0 Å². The summed E-state index contributed by atoms with van der Waals surface area (Å²) in [6, 6.07) is 27.9.